The highest BCUT2D eigenvalue weighted by molar-refractivity contribution is 8.00. The first-order valence-corrected chi connectivity index (χ1v) is 10.2. The predicted molar refractivity (Wildman–Crippen MR) is 117 cm³/mol. The van der Waals surface area contributed by atoms with Crippen molar-refractivity contribution in [3.8, 4) is 11.6 Å². The third kappa shape index (κ3) is 4.23. The molecule has 0 aliphatic heterocycles. The van der Waals surface area contributed by atoms with Crippen molar-refractivity contribution in [2.75, 3.05) is 11.2 Å². The lowest BCUT2D eigenvalue weighted by Gasteiger charge is -2.17. The van der Waals surface area contributed by atoms with E-state index in [4.69, 9.17) is 10.3 Å². The second-order valence-electron chi connectivity index (χ2n) is 6.93. The zero-order chi connectivity index (χ0) is 21.1. The number of amides is 1. The average Bonchev–Trinajstić information content (AvgIpc) is 3.36. The maximum Gasteiger partial charge on any atom is 0.242 e. The van der Waals surface area contributed by atoms with Crippen LogP contribution in [0.2, 0.25) is 0 Å². The fourth-order valence-electron chi connectivity index (χ4n) is 3.19. The highest BCUT2D eigenvalue weighted by atomic mass is 32.2. The van der Waals surface area contributed by atoms with Crippen LogP contribution in [0.1, 0.15) is 21.9 Å². The molecule has 2 heterocycles. The average molecular weight is 420 g/mol. The van der Waals surface area contributed by atoms with Crippen molar-refractivity contribution in [1.29, 1.82) is 0 Å². The van der Waals surface area contributed by atoms with Crippen LogP contribution in [0.25, 0.3) is 11.6 Å². The van der Waals surface area contributed by atoms with Crippen LogP contribution >= 0.6 is 11.8 Å². The molecule has 0 radical (unpaired) electrons. The molecule has 8 heteroatoms. The number of nitrogen functional groups attached to an aromatic ring is 1. The molecule has 0 unspecified atom stereocenters. The molecule has 2 aromatic heterocycles. The number of nitrogens with zero attached hydrogens (tertiary/aromatic N) is 3. The number of hydrogen-bond donors (Lipinski definition) is 2. The largest absolute Gasteiger partial charge is 0.461 e. The summed E-state index contributed by atoms with van der Waals surface area (Å²) < 4.78 is 6.70. The van der Waals surface area contributed by atoms with E-state index >= 15 is 0 Å². The van der Waals surface area contributed by atoms with E-state index in [2.05, 4.69) is 21.6 Å². The van der Waals surface area contributed by atoms with Crippen molar-refractivity contribution in [3.63, 3.8) is 0 Å². The first-order chi connectivity index (χ1) is 14.5. The molecule has 3 N–H and O–H groups in total. The predicted octanol–water partition coefficient (Wildman–Crippen LogP) is 4.34. The minimum absolute atomic E-state index is 0.168. The van der Waals surface area contributed by atoms with E-state index in [1.54, 1.807) is 18.4 Å². The van der Waals surface area contributed by atoms with Gasteiger partial charge in [0.25, 0.3) is 0 Å². The van der Waals surface area contributed by atoms with Gasteiger partial charge >= 0.3 is 0 Å². The Labute approximate surface area is 178 Å². The van der Waals surface area contributed by atoms with Gasteiger partial charge in [0.1, 0.15) is 5.25 Å². The van der Waals surface area contributed by atoms with E-state index in [0.717, 1.165) is 22.4 Å². The van der Waals surface area contributed by atoms with Gasteiger partial charge in [0.15, 0.2) is 5.76 Å². The lowest BCUT2D eigenvalue weighted by Crippen LogP contribution is -2.20. The molecule has 2 aromatic carbocycles. The smallest absolute Gasteiger partial charge is 0.242 e. The van der Waals surface area contributed by atoms with Gasteiger partial charge in [-0.05, 0) is 54.8 Å². The number of nitrogens with two attached hydrogens (primary N) is 1. The summed E-state index contributed by atoms with van der Waals surface area (Å²) in [5.74, 6) is 6.92. The number of hydrogen-bond acceptors (Lipinski definition) is 6. The topological polar surface area (TPSA) is 99.0 Å². The Morgan fingerprint density at radius 3 is 2.47 bits per heavy atom. The van der Waals surface area contributed by atoms with Gasteiger partial charge < -0.3 is 15.6 Å². The molecule has 4 rings (SSSR count). The number of aryl methyl sites for hydroxylation is 2. The van der Waals surface area contributed by atoms with Crippen LogP contribution in [0.15, 0.2) is 76.5 Å². The maximum atomic E-state index is 13.2. The first kappa shape index (κ1) is 19.8. The third-order valence-electron chi connectivity index (χ3n) is 4.46. The molecule has 1 atom stereocenters. The van der Waals surface area contributed by atoms with E-state index in [0.29, 0.717) is 16.7 Å². The summed E-state index contributed by atoms with van der Waals surface area (Å²) in [6, 6.07) is 19.0. The van der Waals surface area contributed by atoms with Crippen molar-refractivity contribution in [2.45, 2.75) is 24.3 Å². The molecular formula is C22H21N5O2S. The molecule has 30 heavy (non-hydrogen) atoms. The fourth-order valence-corrected chi connectivity index (χ4v) is 4.15. The summed E-state index contributed by atoms with van der Waals surface area (Å²) in [7, 11) is 0. The van der Waals surface area contributed by atoms with Crippen molar-refractivity contribution in [1.82, 2.24) is 14.9 Å². The summed E-state index contributed by atoms with van der Waals surface area (Å²) in [4.78, 5) is 13.2. The molecule has 4 aromatic rings. The number of anilines is 1. The van der Waals surface area contributed by atoms with Crippen LogP contribution in [0.3, 0.4) is 0 Å². The molecular weight excluding hydrogens is 398 g/mol. The van der Waals surface area contributed by atoms with E-state index in [1.165, 1.54) is 16.4 Å². The summed E-state index contributed by atoms with van der Waals surface area (Å²) in [6.45, 7) is 4.00. The number of carbonyl (C=O) groups excluding carboxylic acids is 1. The highest BCUT2D eigenvalue weighted by Gasteiger charge is 2.26. The van der Waals surface area contributed by atoms with E-state index in [9.17, 15) is 4.79 Å². The second-order valence-corrected chi connectivity index (χ2v) is 8.00. The molecule has 152 valence electrons. The van der Waals surface area contributed by atoms with Gasteiger partial charge in [-0.2, -0.15) is 0 Å². The quantitative estimate of drug-likeness (QED) is 0.356. The minimum atomic E-state index is -0.567. The van der Waals surface area contributed by atoms with Crippen LogP contribution in [-0.4, -0.2) is 20.8 Å². The third-order valence-corrected chi connectivity index (χ3v) is 5.67. The van der Waals surface area contributed by atoms with Crippen LogP contribution < -0.4 is 11.2 Å². The van der Waals surface area contributed by atoms with Gasteiger partial charge in [-0.3, -0.25) is 4.79 Å². The monoisotopic (exact) mass is 419 g/mol. The van der Waals surface area contributed by atoms with Crippen LogP contribution in [0.4, 0.5) is 5.69 Å². The normalized spacial score (nSPS) is 11.9. The van der Waals surface area contributed by atoms with E-state index < -0.39 is 5.25 Å². The van der Waals surface area contributed by atoms with Gasteiger partial charge in [0, 0.05) is 5.69 Å². The van der Waals surface area contributed by atoms with E-state index in [-0.39, 0.29) is 5.91 Å². The Bertz CT molecular complexity index is 1140. The summed E-state index contributed by atoms with van der Waals surface area (Å²) in [5, 5.41) is 11.1. The second kappa shape index (κ2) is 8.46. The molecule has 0 aliphatic rings. The molecule has 0 saturated carbocycles. The zero-order valence-corrected chi connectivity index (χ0v) is 17.4. The van der Waals surface area contributed by atoms with Gasteiger partial charge in [0.05, 0.1) is 6.26 Å². The molecule has 0 bridgehead atoms. The Morgan fingerprint density at radius 2 is 1.80 bits per heavy atom. The zero-order valence-electron chi connectivity index (χ0n) is 16.6. The van der Waals surface area contributed by atoms with Gasteiger partial charge in [-0.15, -0.1) is 10.2 Å². The summed E-state index contributed by atoms with van der Waals surface area (Å²) >= 11 is 1.23. The fraction of sp³-hybridized carbons (Fsp3) is 0.136. The number of thioether (sulfide) groups is 1. The number of benzene rings is 2. The Hall–Kier alpha value is -3.52. The van der Waals surface area contributed by atoms with Crippen LogP contribution in [0.5, 0.6) is 0 Å². The number of nitrogens with one attached hydrogen (secondary N) is 1. The Morgan fingerprint density at radius 1 is 1.07 bits per heavy atom. The minimum Gasteiger partial charge on any atom is -0.461 e. The lowest BCUT2D eigenvalue weighted by atomic mass is 10.1. The summed E-state index contributed by atoms with van der Waals surface area (Å²) in [6.07, 6.45) is 1.54. The molecule has 7 nitrogen and oxygen atoms in total. The molecule has 0 saturated heterocycles. The lowest BCUT2D eigenvalue weighted by molar-refractivity contribution is -0.115. The highest BCUT2D eigenvalue weighted by Crippen LogP contribution is 2.36. The summed E-state index contributed by atoms with van der Waals surface area (Å²) in [5.41, 5.74) is 3.76. The van der Waals surface area contributed by atoms with Gasteiger partial charge in [-0.1, -0.05) is 48.2 Å². The van der Waals surface area contributed by atoms with Crippen LogP contribution in [-0.2, 0) is 4.79 Å². The van der Waals surface area contributed by atoms with Crippen molar-refractivity contribution in [2.24, 2.45) is 0 Å². The molecule has 1 amide bonds. The number of aromatic nitrogens is 3. The number of carbonyl (C=O) groups is 1. The Balaban J connectivity index is 1.63. The molecule has 0 spiro atoms. The standard InChI is InChI=1S/C22H21N5O2S/c1-14-11-15(2)13-17(12-14)24-21(28)19(16-7-4-3-5-8-16)30-22-26-25-20(27(22)23)18-9-6-10-29-18/h3-13,19H,23H2,1-2H3,(H,24,28)/t19-/m1/s1. The first-order valence-electron chi connectivity index (χ1n) is 9.36. The molecule has 0 aliphatic carbocycles. The van der Waals surface area contributed by atoms with Gasteiger partial charge in [0.2, 0.25) is 16.9 Å². The van der Waals surface area contributed by atoms with Crippen molar-refractivity contribution >= 4 is 23.4 Å². The number of furan rings is 1. The van der Waals surface area contributed by atoms with Crippen LogP contribution in [0, 0.1) is 13.8 Å². The van der Waals surface area contributed by atoms with Gasteiger partial charge in [-0.25, -0.2) is 4.68 Å². The van der Waals surface area contributed by atoms with Crippen molar-refractivity contribution < 1.29 is 9.21 Å². The maximum absolute atomic E-state index is 13.2. The Kier molecular flexibility index (Phi) is 5.58. The SMILES string of the molecule is Cc1cc(C)cc(NC(=O)[C@H](Sc2nnc(-c3ccco3)n2N)c2ccccc2)c1. The van der Waals surface area contributed by atoms with Crippen molar-refractivity contribution in [3.05, 3.63) is 83.6 Å². The molecule has 0 fully saturated rings. The number of rotatable bonds is 6. The van der Waals surface area contributed by atoms with E-state index in [1.807, 2.05) is 56.3 Å².